The fraction of sp³-hybridized carbons (Fsp3) is 0.364. The Balaban J connectivity index is 1.75. The summed E-state index contributed by atoms with van der Waals surface area (Å²) in [5.41, 5.74) is 8.03. The lowest BCUT2D eigenvalue weighted by molar-refractivity contribution is 0.515. The Bertz CT molecular complexity index is 1110. The predicted molar refractivity (Wildman–Crippen MR) is 134 cm³/mol. The number of hydrogen-bond donors (Lipinski definition) is 3. The fourth-order valence-corrected chi connectivity index (χ4v) is 4.46. The first-order chi connectivity index (χ1) is 15.5. The van der Waals surface area contributed by atoms with E-state index in [4.69, 9.17) is 22.3 Å². The van der Waals surface area contributed by atoms with Gasteiger partial charge in [-0.1, -0.05) is 36.4 Å². The van der Waals surface area contributed by atoms with E-state index < -0.39 is 0 Å². The Labute approximate surface area is 197 Å². The predicted octanol–water partition coefficient (Wildman–Crippen LogP) is 4.30. The summed E-state index contributed by atoms with van der Waals surface area (Å²) in [5.74, 6) is 1.64. The number of pyridine rings is 1. The van der Waals surface area contributed by atoms with Crippen LogP contribution in [0.2, 0.25) is 5.02 Å². The summed E-state index contributed by atoms with van der Waals surface area (Å²) in [7, 11) is 3.55. The molecule has 10 heteroatoms. The molecule has 0 amide bonds. The molecule has 0 spiro atoms. The van der Waals surface area contributed by atoms with E-state index in [1.807, 2.05) is 29.7 Å². The summed E-state index contributed by atoms with van der Waals surface area (Å²) in [5, 5.41) is 7.00. The van der Waals surface area contributed by atoms with Crippen LogP contribution >= 0.6 is 23.4 Å². The van der Waals surface area contributed by atoms with Crippen molar-refractivity contribution in [2.45, 2.75) is 36.1 Å². The van der Waals surface area contributed by atoms with Gasteiger partial charge in [0, 0.05) is 56.4 Å². The normalized spacial score (nSPS) is 13.8. The molecule has 3 rings (SSSR count). The highest BCUT2D eigenvalue weighted by atomic mass is 35.5. The Hall–Kier alpha value is -2.62. The minimum absolute atomic E-state index is 0.0356. The van der Waals surface area contributed by atoms with E-state index in [9.17, 15) is 0 Å². The van der Waals surface area contributed by atoms with Gasteiger partial charge in [-0.3, -0.25) is 9.39 Å². The summed E-state index contributed by atoms with van der Waals surface area (Å²) in [6, 6.07) is 1.93. The molecule has 0 aliphatic heterocycles. The van der Waals surface area contributed by atoms with Crippen molar-refractivity contribution in [1.29, 1.82) is 0 Å². The highest BCUT2D eigenvalue weighted by Gasteiger charge is 2.17. The molecule has 8 nitrogen and oxygen atoms in total. The Morgan fingerprint density at radius 3 is 2.91 bits per heavy atom. The molecule has 0 radical (unpaired) electrons. The third-order valence-electron chi connectivity index (χ3n) is 5.06. The number of aryl methyl sites for hydroxylation is 1. The van der Waals surface area contributed by atoms with E-state index in [0.717, 1.165) is 33.5 Å². The maximum atomic E-state index is 6.50. The second-order valence-electron chi connectivity index (χ2n) is 7.33. The second kappa shape index (κ2) is 11.3. The second-order valence-corrected chi connectivity index (χ2v) is 8.76. The number of aromatic nitrogens is 4. The zero-order valence-corrected chi connectivity index (χ0v) is 20.3. The van der Waals surface area contributed by atoms with Crippen molar-refractivity contribution < 1.29 is 0 Å². The van der Waals surface area contributed by atoms with Gasteiger partial charge < -0.3 is 16.4 Å². The Morgan fingerprint density at radius 1 is 1.34 bits per heavy atom. The molecular formula is C22H29ClN8S. The van der Waals surface area contributed by atoms with E-state index in [1.54, 1.807) is 32.7 Å². The van der Waals surface area contributed by atoms with Gasteiger partial charge in [0.2, 0.25) is 5.95 Å². The van der Waals surface area contributed by atoms with Crippen LogP contribution in [-0.2, 0) is 0 Å². The number of aliphatic imine (C=N–C) groups is 1. The van der Waals surface area contributed by atoms with Gasteiger partial charge in [-0.15, -0.1) is 0 Å². The smallest absolute Gasteiger partial charge is 0.208 e. The van der Waals surface area contributed by atoms with Gasteiger partial charge in [0.15, 0.2) is 5.65 Å². The van der Waals surface area contributed by atoms with Crippen LogP contribution in [0.1, 0.15) is 19.0 Å². The summed E-state index contributed by atoms with van der Waals surface area (Å²) < 4.78 is 1.95. The molecular weight excluding hydrogens is 444 g/mol. The van der Waals surface area contributed by atoms with Gasteiger partial charge in [0.25, 0.3) is 0 Å². The molecule has 3 heterocycles. The third-order valence-corrected chi connectivity index (χ3v) is 6.80. The van der Waals surface area contributed by atoms with Crippen LogP contribution in [-0.4, -0.2) is 52.2 Å². The zero-order valence-electron chi connectivity index (χ0n) is 18.7. The summed E-state index contributed by atoms with van der Waals surface area (Å²) in [6.45, 7) is 4.79. The average Bonchev–Trinajstić information content (AvgIpc) is 3.27. The van der Waals surface area contributed by atoms with Crippen molar-refractivity contribution in [3.05, 3.63) is 47.5 Å². The molecule has 0 aromatic carbocycles. The number of fused-ring (bicyclic) bond motifs is 1. The van der Waals surface area contributed by atoms with Crippen LogP contribution in [0.3, 0.4) is 0 Å². The highest BCUT2D eigenvalue weighted by molar-refractivity contribution is 7.99. The maximum Gasteiger partial charge on any atom is 0.208 e. The molecule has 3 aromatic rings. The number of halogens is 1. The number of nitrogens with two attached hydrogens (primary N) is 1. The largest absolute Gasteiger partial charge is 0.372 e. The highest BCUT2D eigenvalue weighted by Crippen LogP contribution is 2.39. The molecule has 0 fully saturated rings. The van der Waals surface area contributed by atoms with Crippen molar-refractivity contribution in [2.75, 3.05) is 31.3 Å². The molecule has 4 N–H and O–H groups in total. The lowest BCUT2D eigenvalue weighted by atomic mass is 9.99. The molecule has 3 aromatic heterocycles. The number of hydrogen-bond acceptors (Lipinski definition) is 8. The van der Waals surface area contributed by atoms with Crippen LogP contribution < -0.4 is 16.4 Å². The van der Waals surface area contributed by atoms with E-state index in [-0.39, 0.29) is 12.0 Å². The van der Waals surface area contributed by atoms with E-state index in [1.165, 1.54) is 11.8 Å². The quantitative estimate of drug-likeness (QED) is 0.377. The summed E-state index contributed by atoms with van der Waals surface area (Å²) in [4.78, 5) is 19.4. The SMILES string of the molecule is C/N=C\C=C/C(C)[C@@H](N)CCNc1nc(C)c(Sc2ccnc(NC)c2Cl)c2nccn12. The first kappa shape index (κ1) is 24.0. The van der Waals surface area contributed by atoms with Gasteiger partial charge >= 0.3 is 0 Å². The van der Waals surface area contributed by atoms with Crippen molar-refractivity contribution in [3.8, 4) is 0 Å². The Morgan fingerprint density at radius 2 is 2.16 bits per heavy atom. The number of allylic oxidation sites excluding steroid dienone is 1. The minimum Gasteiger partial charge on any atom is -0.372 e. The van der Waals surface area contributed by atoms with Crippen LogP contribution in [0.25, 0.3) is 5.65 Å². The van der Waals surface area contributed by atoms with Crippen molar-refractivity contribution in [3.63, 3.8) is 0 Å². The molecule has 2 atom stereocenters. The van der Waals surface area contributed by atoms with Crippen molar-refractivity contribution in [1.82, 2.24) is 19.4 Å². The molecule has 0 saturated carbocycles. The fourth-order valence-electron chi connectivity index (χ4n) is 3.17. The van der Waals surface area contributed by atoms with Crippen molar-refractivity contribution in [2.24, 2.45) is 16.6 Å². The van der Waals surface area contributed by atoms with Crippen LogP contribution in [0, 0.1) is 12.8 Å². The summed E-state index contributed by atoms with van der Waals surface area (Å²) >= 11 is 8.03. The van der Waals surface area contributed by atoms with Crippen molar-refractivity contribution >= 4 is 47.0 Å². The van der Waals surface area contributed by atoms with Gasteiger partial charge in [-0.05, 0) is 31.4 Å². The van der Waals surface area contributed by atoms with E-state index >= 15 is 0 Å². The minimum atomic E-state index is 0.0356. The molecule has 1 unspecified atom stereocenters. The number of nitrogens with one attached hydrogen (secondary N) is 2. The van der Waals surface area contributed by atoms with Crippen LogP contribution in [0.15, 0.2) is 51.6 Å². The van der Waals surface area contributed by atoms with Crippen LogP contribution in [0.4, 0.5) is 11.8 Å². The first-order valence-electron chi connectivity index (χ1n) is 10.4. The molecule has 32 heavy (non-hydrogen) atoms. The number of imidazole rings is 1. The van der Waals surface area contributed by atoms with Gasteiger partial charge in [0.05, 0.1) is 15.6 Å². The Kier molecular flexibility index (Phi) is 8.49. The van der Waals surface area contributed by atoms with Gasteiger partial charge in [-0.2, -0.15) is 0 Å². The number of rotatable bonds is 10. The maximum absolute atomic E-state index is 6.50. The standard InChI is InChI=1S/C22H29ClN8S/c1-14(6-5-9-25-3)16(24)7-10-29-22-30-15(2)19(21-28-12-13-31(21)22)32-17-8-11-27-20(26-4)18(17)23/h5-6,8-9,11-14,16H,7,10,24H2,1-4H3,(H,26,27)(H,29,30)/b6-5-,25-9-/t14?,16-/m0/s1. The van der Waals surface area contributed by atoms with E-state index in [2.05, 4.69) is 38.6 Å². The lowest BCUT2D eigenvalue weighted by Gasteiger charge is -2.18. The van der Waals surface area contributed by atoms with Gasteiger partial charge in [-0.25, -0.2) is 15.0 Å². The summed E-state index contributed by atoms with van der Waals surface area (Å²) in [6.07, 6.45) is 12.0. The zero-order chi connectivity index (χ0) is 23.1. The first-order valence-corrected chi connectivity index (χ1v) is 11.6. The molecule has 0 aliphatic rings. The van der Waals surface area contributed by atoms with E-state index in [0.29, 0.717) is 17.4 Å². The monoisotopic (exact) mass is 472 g/mol. The molecule has 170 valence electrons. The molecule has 0 bridgehead atoms. The van der Waals surface area contributed by atoms with Gasteiger partial charge in [0.1, 0.15) is 5.82 Å². The topological polar surface area (TPSA) is 106 Å². The third kappa shape index (κ3) is 5.59. The molecule has 0 saturated heterocycles. The average molecular weight is 473 g/mol. The lowest BCUT2D eigenvalue weighted by Crippen LogP contribution is -2.29. The molecule has 0 aliphatic carbocycles. The number of anilines is 2. The number of nitrogens with zero attached hydrogens (tertiary/aromatic N) is 5. The van der Waals surface area contributed by atoms with Crippen LogP contribution in [0.5, 0.6) is 0 Å².